The van der Waals surface area contributed by atoms with Crippen molar-refractivity contribution in [3.63, 3.8) is 0 Å². The van der Waals surface area contributed by atoms with Gasteiger partial charge in [0.25, 0.3) is 0 Å². The first-order chi connectivity index (χ1) is 9.74. The zero-order valence-electron chi connectivity index (χ0n) is 12.0. The average Bonchev–Trinajstić information content (AvgIpc) is 3.29. The summed E-state index contributed by atoms with van der Waals surface area (Å²) >= 11 is 0. The molecule has 2 rings (SSSR count). The Morgan fingerprint density at radius 2 is 2.25 bits per heavy atom. The molecule has 0 saturated heterocycles. The third-order valence-electron chi connectivity index (χ3n) is 3.42. The quantitative estimate of drug-likeness (QED) is 0.737. The second kappa shape index (κ2) is 7.10. The van der Waals surface area contributed by atoms with Crippen LogP contribution in [0.15, 0.2) is 36.9 Å². The molecule has 0 aromatic heterocycles. The van der Waals surface area contributed by atoms with Crippen LogP contribution < -0.4 is 10.1 Å². The molecular weight excluding hydrogens is 252 g/mol. The average molecular weight is 274 g/mol. The first-order valence-electron chi connectivity index (χ1n) is 6.98. The molecule has 1 saturated carbocycles. The number of rotatable bonds is 8. The van der Waals surface area contributed by atoms with Crippen LogP contribution in [0.4, 0.5) is 0 Å². The highest BCUT2D eigenvalue weighted by Crippen LogP contribution is 2.29. The van der Waals surface area contributed by atoms with Gasteiger partial charge in [0, 0.05) is 24.7 Å². The minimum absolute atomic E-state index is 0.0479. The van der Waals surface area contributed by atoms with E-state index in [4.69, 9.17) is 4.74 Å². The number of carbonyl (C=O) groups excluding carboxylic acids is 1. The normalized spacial score (nSPS) is 14.1. The summed E-state index contributed by atoms with van der Waals surface area (Å²) in [4.78, 5) is 14.1. The Morgan fingerprint density at radius 3 is 2.90 bits per heavy atom. The van der Waals surface area contributed by atoms with Crippen molar-refractivity contribution in [2.24, 2.45) is 0 Å². The third-order valence-corrected chi connectivity index (χ3v) is 3.42. The van der Waals surface area contributed by atoms with Crippen LogP contribution in [0.3, 0.4) is 0 Å². The fourth-order valence-corrected chi connectivity index (χ4v) is 2.23. The molecule has 1 aromatic carbocycles. The summed E-state index contributed by atoms with van der Waals surface area (Å²) < 4.78 is 5.38. The van der Waals surface area contributed by atoms with E-state index in [0.29, 0.717) is 19.1 Å². The molecule has 0 spiro atoms. The van der Waals surface area contributed by atoms with Crippen molar-refractivity contribution in [3.05, 3.63) is 42.5 Å². The van der Waals surface area contributed by atoms with Crippen molar-refractivity contribution in [3.8, 4) is 5.75 Å². The molecule has 0 bridgehead atoms. The molecule has 1 N–H and O–H groups in total. The molecule has 1 aliphatic rings. The van der Waals surface area contributed by atoms with E-state index in [0.717, 1.165) is 17.9 Å². The summed E-state index contributed by atoms with van der Waals surface area (Å²) in [5, 5.41) is 2.83. The number of para-hydroxylation sites is 1. The van der Waals surface area contributed by atoms with Gasteiger partial charge in [-0.1, -0.05) is 24.3 Å². The smallest absolute Gasteiger partial charge is 0.234 e. The Balaban J connectivity index is 1.98. The topological polar surface area (TPSA) is 41.6 Å². The molecule has 4 nitrogen and oxygen atoms in total. The van der Waals surface area contributed by atoms with E-state index in [1.165, 1.54) is 12.8 Å². The van der Waals surface area contributed by atoms with Crippen LogP contribution in [-0.4, -0.2) is 37.0 Å². The number of methoxy groups -OCH3 is 1. The monoisotopic (exact) mass is 274 g/mol. The zero-order chi connectivity index (χ0) is 14.4. The van der Waals surface area contributed by atoms with Gasteiger partial charge in [-0.05, 0) is 18.9 Å². The first-order valence-corrected chi connectivity index (χ1v) is 6.98. The van der Waals surface area contributed by atoms with Crippen LogP contribution >= 0.6 is 0 Å². The van der Waals surface area contributed by atoms with E-state index in [1.807, 2.05) is 18.2 Å². The van der Waals surface area contributed by atoms with E-state index >= 15 is 0 Å². The summed E-state index contributed by atoms with van der Waals surface area (Å²) in [5.41, 5.74) is 1.12. The minimum atomic E-state index is 0.0479. The summed E-state index contributed by atoms with van der Waals surface area (Å²) in [5.74, 6) is 0.927. The van der Waals surface area contributed by atoms with Crippen molar-refractivity contribution in [1.82, 2.24) is 10.2 Å². The molecule has 108 valence electrons. The SMILES string of the molecule is C=CCNC(=O)CN(Cc1ccccc1OC)C1CC1. The number of benzene rings is 1. The second-order valence-corrected chi connectivity index (χ2v) is 5.04. The molecule has 0 unspecified atom stereocenters. The van der Waals surface area contributed by atoms with Crippen molar-refractivity contribution in [1.29, 1.82) is 0 Å². The molecule has 1 fully saturated rings. The van der Waals surface area contributed by atoms with E-state index in [9.17, 15) is 4.79 Å². The number of hydrogen-bond donors (Lipinski definition) is 1. The Bertz CT molecular complexity index is 469. The third kappa shape index (κ3) is 4.10. The van der Waals surface area contributed by atoms with Crippen LogP contribution in [0.1, 0.15) is 18.4 Å². The van der Waals surface area contributed by atoms with Crippen LogP contribution in [-0.2, 0) is 11.3 Å². The number of nitrogens with zero attached hydrogens (tertiary/aromatic N) is 1. The largest absolute Gasteiger partial charge is 0.496 e. The highest BCUT2D eigenvalue weighted by molar-refractivity contribution is 5.78. The number of hydrogen-bond acceptors (Lipinski definition) is 3. The highest BCUT2D eigenvalue weighted by atomic mass is 16.5. The molecule has 1 aliphatic carbocycles. The molecule has 1 amide bonds. The Morgan fingerprint density at radius 1 is 1.50 bits per heavy atom. The van der Waals surface area contributed by atoms with Crippen LogP contribution in [0, 0.1) is 0 Å². The second-order valence-electron chi connectivity index (χ2n) is 5.04. The van der Waals surface area contributed by atoms with E-state index in [-0.39, 0.29) is 5.91 Å². The lowest BCUT2D eigenvalue weighted by atomic mass is 10.2. The molecule has 0 heterocycles. The predicted octanol–water partition coefficient (Wildman–Crippen LogP) is 1.96. The Labute approximate surface area is 120 Å². The lowest BCUT2D eigenvalue weighted by Gasteiger charge is -2.22. The van der Waals surface area contributed by atoms with Gasteiger partial charge >= 0.3 is 0 Å². The van der Waals surface area contributed by atoms with Crippen LogP contribution in [0.25, 0.3) is 0 Å². The summed E-state index contributed by atoms with van der Waals surface area (Å²) in [6, 6.07) is 8.49. The Hall–Kier alpha value is -1.81. The standard InChI is InChI=1S/C16H22N2O2/c1-3-10-17-16(19)12-18(14-8-9-14)11-13-6-4-5-7-15(13)20-2/h3-7,14H,1,8-12H2,2H3,(H,17,19). The van der Waals surface area contributed by atoms with Gasteiger partial charge in [-0.15, -0.1) is 6.58 Å². The number of carbonyl (C=O) groups is 1. The van der Waals surface area contributed by atoms with Gasteiger partial charge in [-0.3, -0.25) is 9.69 Å². The van der Waals surface area contributed by atoms with E-state index in [1.54, 1.807) is 13.2 Å². The van der Waals surface area contributed by atoms with E-state index in [2.05, 4.69) is 22.9 Å². The number of ether oxygens (including phenoxy) is 1. The lowest BCUT2D eigenvalue weighted by molar-refractivity contribution is -0.122. The van der Waals surface area contributed by atoms with E-state index < -0.39 is 0 Å². The molecule has 0 aliphatic heterocycles. The van der Waals surface area contributed by atoms with Crippen molar-refractivity contribution in [2.75, 3.05) is 20.2 Å². The number of amides is 1. The number of nitrogens with one attached hydrogen (secondary N) is 1. The Kier molecular flexibility index (Phi) is 5.18. The molecule has 20 heavy (non-hydrogen) atoms. The summed E-state index contributed by atoms with van der Waals surface area (Å²) in [6.07, 6.45) is 4.04. The van der Waals surface area contributed by atoms with Crippen molar-refractivity contribution >= 4 is 5.91 Å². The highest BCUT2D eigenvalue weighted by Gasteiger charge is 2.30. The van der Waals surface area contributed by atoms with Gasteiger partial charge in [-0.25, -0.2) is 0 Å². The van der Waals surface area contributed by atoms with Crippen molar-refractivity contribution in [2.45, 2.75) is 25.4 Å². The van der Waals surface area contributed by atoms with Gasteiger partial charge in [0.2, 0.25) is 5.91 Å². The predicted molar refractivity (Wildman–Crippen MR) is 79.6 cm³/mol. The maximum Gasteiger partial charge on any atom is 0.234 e. The first kappa shape index (κ1) is 14.6. The minimum Gasteiger partial charge on any atom is -0.496 e. The van der Waals surface area contributed by atoms with Gasteiger partial charge < -0.3 is 10.1 Å². The van der Waals surface area contributed by atoms with Gasteiger partial charge in [0.15, 0.2) is 0 Å². The van der Waals surface area contributed by atoms with Gasteiger partial charge in [0.1, 0.15) is 5.75 Å². The fraction of sp³-hybridized carbons (Fsp3) is 0.438. The fourth-order valence-electron chi connectivity index (χ4n) is 2.23. The van der Waals surface area contributed by atoms with Crippen LogP contribution in [0.2, 0.25) is 0 Å². The lowest BCUT2D eigenvalue weighted by Crippen LogP contribution is -2.38. The summed E-state index contributed by atoms with van der Waals surface area (Å²) in [6.45, 7) is 5.30. The molecule has 0 atom stereocenters. The molecule has 0 radical (unpaired) electrons. The maximum atomic E-state index is 11.9. The van der Waals surface area contributed by atoms with Gasteiger partial charge in [0.05, 0.1) is 13.7 Å². The molecule has 1 aromatic rings. The molecule has 4 heteroatoms. The van der Waals surface area contributed by atoms with Gasteiger partial charge in [-0.2, -0.15) is 0 Å². The van der Waals surface area contributed by atoms with Crippen molar-refractivity contribution < 1.29 is 9.53 Å². The summed E-state index contributed by atoms with van der Waals surface area (Å²) in [7, 11) is 1.68. The van der Waals surface area contributed by atoms with Crippen LogP contribution in [0.5, 0.6) is 5.75 Å². The maximum absolute atomic E-state index is 11.9. The molecular formula is C16H22N2O2. The zero-order valence-corrected chi connectivity index (χ0v) is 12.0.